The highest BCUT2D eigenvalue weighted by atomic mass is 32.2. The van der Waals surface area contributed by atoms with Crippen LogP contribution in [0.2, 0.25) is 0 Å². The lowest BCUT2D eigenvalue weighted by Crippen LogP contribution is -2.37. The van der Waals surface area contributed by atoms with E-state index in [0.717, 1.165) is 10.1 Å². The van der Waals surface area contributed by atoms with Gasteiger partial charge in [-0.3, -0.25) is 9.59 Å². The first kappa shape index (κ1) is 20.7. The van der Waals surface area contributed by atoms with Gasteiger partial charge in [-0.25, -0.2) is 12.7 Å². The second-order valence-electron chi connectivity index (χ2n) is 6.26. The Balaban J connectivity index is 1.98. The number of likely N-dealkylation sites (N-methyl/N-ethyl adjacent to an activating group) is 1. The van der Waals surface area contributed by atoms with Crippen LogP contribution in [-0.4, -0.2) is 57.1 Å². The van der Waals surface area contributed by atoms with E-state index in [-0.39, 0.29) is 22.9 Å². The first-order valence-corrected chi connectivity index (χ1v) is 9.65. The highest BCUT2D eigenvalue weighted by Gasteiger charge is 2.19. The third-order valence-electron chi connectivity index (χ3n) is 3.89. The van der Waals surface area contributed by atoms with Crippen LogP contribution in [0.25, 0.3) is 0 Å². The molecule has 0 radical (unpaired) electrons. The fourth-order valence-corrected chi connectivity index (χ4v) is 3.24. The SMILES string of the molecule is Cc1ccc(CN(C)C(=O)CNC(=O)c2cccc(S(=O)(=O)N(C)C)c2)o1. The van der Waals surface area contributed by atoms with Crippen LogP contribution in [0.1, 0.15) is 21.9 Å². The lowest BCUT2D eigenvalue weighted by atomic mass is 10.2. The summed E-state index contributed by atoms with van der Waals surface area (Å²) in [6.45, 7) is 1.90. The van der Waals surface area contributed by atoms with Gasteiger partial charge in [0.1, 0.15) is 11.5 Å². The highest BCUT2D eigenvalue weighted by Crippen LogP contribution is 2.15. The molecule has 1 heterocycles. The minimum absolute atomic E-state index is 0.0109. The summed E-state index contributed by atoms with van der Waals surface area (Å²) in [5.41, 5.74) is 0.162. The molecule has 8 nitrogen and oxygen atoms in total. The van der Waals surface area contributed by atoms with Crippen LogP contribution in [0.15, 0.2) is 45.7 Å². The van der Waals surface area contributed by atoms with Gasteiger partial charge in [0.05, 0.1) is 18.0 Å². The van der Waals surface area contributed by atoms with E-state index in [0.29, 0.717) is 12.3 Å². The molecule has 0 spiro atoms. The molecule has 0 aliphatic carbocycles. The van der Waals surface area contributed by atoms with Crippen molar-refractivity contribution in [3.05, 3.63) is 53.5 Å². The Morgan fingerprint density at radius 1 is 1.11 bits per heavy atom. The second kappa shape index (κ2) is 8.36. The number of carbonyl (C=O) groups is 2. The maximum Gasteiger partial charge on any atom is 0.251 e. The van der Waals surface area contributed by atoms with Crippen LogP contribution in [0, 0.1) is 6.92 Å². The van der Waals surface area contributed by atoms with Crippen molar-refractivity contribution in [3.8, 4) is 0 Å². The zero-order valence-corrected chi connectivity index (χ0v) is 16.5. The van der Waals surface area contributed by atoms with Gasteiger partial charge in [0.25, 0.3) is 5.91 Å². The Morgan fingerprint density at radius 3 is 2.41 bits per heavy atom. The molecule has 0 fully saturated rings. The molecule has 2 amide bonds. The molecule has 2 rings (SSSR count). The van der Waals surface area contributed by atoms with E-state index in [2.05, 4.69) is 5.32 Å². The normalized spacial score (nSPS) is 11.4. The Morgan fingerprint density at radius 2 is 1.81 bits per heavy atom. The molecule has 1 N–H and O–H groups in total. The average Bonchev–Trinajstić information content (AvgIpc) is 3.03. The largest absolute Gasteiger partial charge is 0.464 e. The molecule has 1 aromatic carbocycles. The van der Waals surface area contributed by atoms with Crippen LogP contribution in [-0.2, 0) is 21.4 Å². The first-order chi connectivity index (χ1) is 12.6. The van der Waals surface area contributed by atoms with Crippen molar-refractivity contribution in [1.82, 2.24) is 14.5 Å². The van der Waals surface area contributed by atoms with Crippen LogP contribution in [0.4, 0.5) is 0 Å². The van der Waals surface area contributed by atoms with Crippen molar-refractivity contribution in [2.45, 2.75) is 18.4 Å². The van der Waals surface area contributed by atoms with Crippen LogP contribution in [0.3, 0.4) is 0 Å². The molecule has 1 aromatic heterocycles. The van der Waals surface area contributed by atoms with Gasteiger partial charge in [0.15, 0.2) is 0 Å². The number of sulfonamides is 1. The van der Waals surface area contributed by atoms with Crippen molar-refractivity contribution in [2.24, 2.45) is 0 Å². The van der Waals surface area contributed by atoms with E-state index < -0.39 is 15.9 Å². The molecule has 9 heteroatoms. The van der Waals surface area contributed by atoms with E-state index in [4.69, 9.17) is 4.42 Å². The van der Waals surface area contributed by atoms with E-state index in [1.807, 2.05) is 13.0 Å². The lowest BCUT2D eigenvalue weighted by molar-refractivity contribution is -0.129. The smallest absolute Gasteiger partial charge is 0.251 e. The maximum absolute atomic E-state index is 12.3. The fraction of sp³-hybridized carbons (Fsp3) is 0.333. The second-order valence-corrected chi connectivity index (χ2v) is 8.41. The molecular weight excluding hydrogens is 370 g/mol. The molecule has 27 heavy (non-hydrogen) atoms. The van der Waals surface area contributed by atoms with Crippen LogP contribution >= 0.6 is 0 Å². The Hall–Kier alpha value is -2.65. The fourth-order valence-electron chi connectivity index (χ4n) is 2.29. The molecule has 0 aliphatic rings. The Kier molecular flexibility index (Phi) is 6.40. The van der Waals surface area contributed by atoms with E-state index >= 15 is 0 Å². The molecule has 146 valence electrons. The summed E-state index contributed by atoms with van der Waals surface area (Å²) in [5.74, 6) is 0.582. The highest BCUT2D eigenvalue weighted by molar-refractivity contribution is 7.89. The molecule has 2 aromatic rings. The van der Waals surface area contributed by atoms with Crippen molar-refractivity contribution in [2.75, 3.05) is 27.7 Å². The predicted octanol–water partition coefficient (Wildman–Crippen LogP) is 1.23. The number of nitrogens with zero attached hydrogens (tertiary/aromatic N) is 2. The number of aryl methyl sites for hydroxylation is 1. The topological polar surface area (TPSA) is 99.9 Å². The van der Waals surface area contributed by atoms with E-state index in [1.54, 1.807) is 13.1 Å². The van der Waals surface area contributed by atoms with Gasteiger partial charge >= 0.3 is 0 Å². The molecule has 0 aliphatic heterocycles. The predicted molar refractivity (Wildman–Crippen MR) is 99.6 cm³/mol. The van der Waals surface area contributed by atoms with Gasteiger partial charge in [-0.05, 0) is 37.3 Å². The number of hydrogen-bond acceptors (Lipinski definition) is 5. The van der Waals surface area contributed by atoms with Crippen molar-refractivity contribution in [1.29, 1.82) is 0 Å². The zero-order chi connectivity index (χ0) is 20.2. The number of furan rings is 1. The van der Waals surface area contributed by atoms with Gasteiger partial charge in [0, 0.05) is 26.7 Å². The Labute approximate surface area is 158 Å². The van der Waals surface area contributed by atoms with E-state index in [1.165, 1.54) is 43.3 Å². The summed E-state index contributed by atoms with van der Waals surface area (Å²) in [7, 11) is 0.793. The summed E-state index contributed by atoms with van der Waals surface area (Å²) in [4.78, 5) is 25.9. The number of hydrogen-bond donors (Lipinski definition) is 1. The molecule has 0 saturated carbocycles. The lowest BCUT2D eigenvalue weighted by Gasteiger charge is -2.16. The number of carbonyl (C=O) groups excluding carboxylic acids is 2. The van der Waals surface area contributed by atoms with Gasteiger partial charge < -0.3 is 14.6 Å². The van der Waals surface area contributed by atoms with Crippen LogP contribution in [0.5, 0.6) is 0 Å². The number of amides is 2. The third-order valence-corrected chi connectivity index (χ3v) is 5.70. The Bertz CT molecular complexity index is 934. The molecule has 0 saturated heterocycles. The average molecular weight is 393 g/mol. The number of rotatable bonds is 7. The van der Waals surface area contributed by atoms with Gasteiger partial charge in [0.2, 0.25) is 15.9 Å². The number of nitrogens with one attached hydrogen (secondary N) is 1. The quantitative estimate of drug-likeness (QED) is 0.763. The third kappa shape index (κ3) is 5.18. The summed E-state index contributed by atoms with van der Waals surface area (Å²) in [5, 5.41) is 2.51. The van der Waals surface area contributed by atoms with Crippen molar-refractivity contribution >= 4 is 21.8 Å². The summed E-state index contributed by atoms with van der Waals surface area (Å²) in [6.07, 6.45) is 0. The van der Waals surface area contributed by atoms with Gasteiger partial charge in [-0.2, -0.15) is 0 Å². The minimum atomic E-state index is -3.64. The molecular formula is C18H23N3O5S. The summed E-state index contributed by atoms with van der Waals surface area (Å²) < 4.78 is 30.8. The zero-order valence-electron chi connectivity index (χ0n) is 15.7. The summed E-state index contributed by atoms with van der Waals surface area (Å²) >= 11 is 0. The van der Waals surface area contributed by atoms with Crippen LogP contribution < -0.4 is 5.32 Å². The molecule has 0 unspecified atom stereocenters. The summed E-state index contributed by atoms with van der Waals surface area (Å²) in [6, 6.07) is 9.27. The number of benzene rings is 1. The van der Waals surface area contributed by atoms with E-state index in [9.17, 15) is 18.0 Å². The van der Waals surface area contributed by atoms with Gasteiger partial charge in [-0.15, -0.1) is 0 Å². The molecule has 0 bridgehead atoms. The minimum Gasteiger partial charge on any atom is -0.464 e. The standard InChI is InChI=1S/C18H23N3O5S/c1-13-8-9-15(26-13)12-21(4)17(22)11-19-18(23)14-6-5-7-16(10-14)27(24,25)20(2)3/h5-10H,11-12H2,1-4H3,(H,19,23). The molecule has 0 atom stereocenters. The van der Waals surface area contributed by atoms with Crippen molar-refractivity contribution in [3.63, 3.8) is 0 Å². The monoisotopic (exact) mass is 393 g/mol. The maximum atomic E-state index is 12.3. The van der Waals surface area contributed by atoms with Crippen molar-refractivity contribution < 1.29 is 22.4 Å². The first-order valence-electron chi connectivity index (χ1n) is 8.21. The van der Waals surface area contributed by atoms with Gasteiger partial charge in [-0.1, -0.05) is 6.07 Å².